The zero-order chi connectivity index (χ0) is 14.9. The summed E-state index contributed by atoms with van der Waals surface area (Å²) in [4.78, 5) is -0.00467. The van der Waals surface area contributed by atoms with Gasteiger partial charge in [0.05, 0.1) is 11.9 Å². The van der Waals surface area contributed by atoms with Crippen LogP contribution in [-0.2, 0) is 10.0 Å². The van der Waals surface area contributed by atoms with Crippen molar-refractivity contribution in [2.75, 3.05) is 0 Å². The molecule has 0 unspecified atom stereocenters. The Balaban J connectivity index is 2.01. The van der Waals surface area contributed by atoms with Crippen molar-refractivity contribution in [3.8, 4) is 22.4 Å². The average Bonchev–Trinajstić information content (AvgIpc) is 2.98. The smallest absolute Gasteiger partial charge is 0.241 e. The van der Waals surface area contributed by atoms with Crippen molar-refractivity contribution in [3.05, 3.63) is 60.8 Å². The van der Waals surface area contributed by atoms with Gasteiger partial charge in [0, 0.05) is 5.56 Å². The third-order valence-electron chi connectivity index (χ3n) is 3.19. The first-order valence-electron chi connectivity index (χ1n) is 6.28. The Kier molecular flexibility index (Phi) is 3.32. The molecule has 21 heavy (non-hydrogen) atoms. The van der Waals surface area contributed by atoms with E-state index in [1.165, 1.54) is 6.20 Å². The highest BCUT2D eigenvalue weighted by molar-refractivity contribution is 7.89. The minimum atomic E-state index is -3.79. The van der Waals surface area contributed by atoms with Gasteiger partial charge in [0.25, 0.3) is 0 Å². The Labute approximate surface area is 122 Å². The van der Waals surface area contributed by atoms with Crippen molar-refractivity contribution in [3.63, 3.8) is 0 Å². The zero-order valence-electron chi connectivity index (χ0n) is 11.0. The fourth-order valence-corrected chi connectivity index (χ4v) is 2.81. The van der Waals surface area contributed by atoms with Gasteiger partial charge in [-0.3, -0.25) is 5.10 Å². The van der Waals surface area contributed by atoms with Gasteiger partial charge in [-0.15, -0.1) is 0 Å². The minimum Gasteiger partial charge on any atom is -0.276 e. The van der Waals surface area contributed by atoms with Gasteiger partial charge in [-0.05, 0) is 11.1 Å². The highest BCUT2D eigenvalue weighted by Crippen LogP contribution is 2.27. The van der Waals surface area contributed by atoms with E-state index in [1.807, 2.05) is 54.6 Å². The predicted octanol–water partition coefficient (Wildman–Crippen LogP) is 2.39. The SMILES string of the molecule is NS(=O)(=O)c1cn[nH]c1-c1ccc(-c2ccccc2)cc1. The topological polar surface area (TPSA) is 88.8 Å². The van der Waals surface area contributed by atoms with Crippen molar-refractivity contribution in [2.24, 2.45) is 5.14 Å². The molecule has 0 saturated carbocycles. The second-order valence-electron chi connectivity index (χ2n) is 4.60. The molecule has 0 fully saturated rings. The van der Waals surface area contributed by atoms with E-state index in [0.29, 0.717) is 5.69 Å². The van der Waals surface area contributed by atoms with E-state index in [0.717, 1.165) is 16.7 Å². The summed E-state index contributed by atoms with van der Waals surface area (Å²) >= 11 is 0. The number of nitrogens with zero attached hydrogens (tertiary/aromatic N) is 1. The lowest BCUT2D eigenvalue weighted by molar-refractivity contribution is 0.598. The number of benzene rings is 2. The number of aromatic nitrogens is 2. The van der Waals surface area contributed by atoms with Crippen LogP contribution in [-0.4, -0.2) is 18.6 Å². The van der Waals surface area contributed by atoms with E-state index in [2.05, 4.69) is 10.2 Å². The molecule has 0 amide bonds. The summed E-state index contributed by atoms with van der Waals surface area (Å²) in [7, 11) is -3.79. The number of nitrogens with two attached hydrogens (primary N) is 1. The molecule has 0 aliphatic carbocycles. The van der Waals surface area contributed by atoms with Crippen LogP contribution < -0.4 is 5.14 Å². The van der Waals surface area contributed by atoms with E-state index in [1.54, 1.807) is 0 Å². The number of aromatic amines is 1. The number of nitrogens with one attached hydrogen (secondary N) is 1. The molecule has 0 aliphatic rings. The van der Waals surface area contributed by atoms with E-state index >= 15 is 0 Å². The second kappa shape index (κ2) is 5.16. The van der Waals surface area contributed by atoms with Crippen LogP contribution in [0.4, 0.5) is 0 Å². The first-order chi connectivity index (χ1) is 10.1. The Morgan fingerprint density at radius 2 is 1.43 bits per heavy atom. The molecule has 1 aromatic heterocycles. The summed E-state index contributed by atoms with van der Waals surface area (Å²) in [5, 5.41) is 11.6. The number of primary sulfonamides is 1. The lowest BCUT2D eigenvalue weighted by Gasteiger charge is -2.04. The molecule has 2 aromatic carbocycles. The fourth-order valence-electron chi connectivity index (χ4n) is 2.16. The number of H-pyrrole nitrogens is 1. The standard InChI is InChI=1S/C15H13N3O2S/c16-21(19,20)14-10-17-18-15(14)13-8-6-12(7-9-13)11-4-2-1-3-5-11/h1-10H,(H,17,18)(H2,16,19,20). The van der Waals surface area contributed by atoms with Crippen LogP contribution in [0.1, 0.15) is 0 Å². The molecule has 0 bridgehead atoms. The third-order valence-corrected chi connectivity index (χ3v) is 4.11. The molecular weight excluding hydrogens is 286 g/mol. The van der Waals surface area contributed by atoms with Crippen molar-refractivity contribution in [1.29, 1.82) is 0 Å². The Hall–Kier alpha value is -2.44. The zero-order valence-corrected chi connectivity index (χ0v) is 11.8. The molecule has 0 radical (unpaired) electrons. The summed E-state index contributed by atoms with van der Waals surface area (Å²) in [6, 6.07) is 17.5. The lowest BCUT2D eigenvalue weighted by atomic mass is 10.0. The largest absolute Gasteiger partial charge is 0.276 e. The van der Waals surface area contributed by atoms with Crippen LogP contribution in [0.3, 0.4) is 0 Å². The van der Waals surface area contributed by atoms with Gasteiger partial charge >= 0.3 is 0 Å². The molecule has 1 heterocycles. The fraction of sp³-hybridized carbons (Fsp3) is 0. The molecule has 0 saturated heterocycles. The minimum absolute atomic E-state index is 0.00467. The third kappa shape index (κ3) is 2.72. The first-order valence-corrected chi connectivity index (χ1v) is 7.82. The maximum absolute atomic E-state index is 11.5. The lowest BCUT2D eigenvalue weighted by Crippen LogP contribution is -2.12. The number of sulfonamides is 1. The predicted molar refractivity (Wildman–Crippen MR) is 80.8 cm³/mol. The summed E-state index contributed by atoms with van der Waals surface area (Å²) in [6.07, 6.45) is 1.22. The van der Waals surface area contributed by atoms with Crippen LogP contribution >= 0.6 is 0 Å². The molecule has 6 heteroatoms. The van der Waals surface area contributed by atoms with E-state index in [-0.39, 0.29) is 4.90 Å². The summed E-state index contributed by atoms with van der Waals surface area (Å²) in [5.41, 5.74) is 3.27. The van der Waals surface area contributed by atoms with Crippen molar-refractivity contribution in [1.82, 2.24) is 10.2 Å². The first kappa shape index (κ1) is 13.5. The molecule has 5 nitrogen and oxygen atoms in total. The molecule has 0 spiro atoms. The quantitative estimate of drug-likeness (QED) is 0.778. The van der Waals surface area contributed by atoms with Crippen molar-refractivity contribution < 1.29 is 8.42 Å². The van der Waals surface area contributed by atoms with E-state index < -0.39 is 10.0 Å². The molecular formula is C15H13N3O2S. The highest BCUT2D eigenvalue weighted by atomic mass is 32.2. The van der Waals surface area contributed by atoms with Gasteiger partial charge in [-0.25, -0.2) is 13.6 Å². The normalized spacial score (nSPS) is 11.5. The van der Waals surface area contributed by atoms with Crippen LogP contribution in [0.5, 0.6) is 0 Å². The molecule has 0 atom stereocenters. The van der Waals surface area contributed by atoms with Gasteiger partial charge in [-0.1, -0.05) is 54.6 Å². The Bertz CT molecular complexity index is 853. The molecule has 3 aromatic rings. The van der Waals surface area contributed by atoms with Gasteiger partial charge in [-0.2, -0.15) is 5.10 Å². The average molecular weight is 299 g/mol. The van der Waals surface area contributed by atoms with Gasteiger partial charge < -0.3 is 0 Å². The van der Waals surface area contributed by atoms with Crippen molar-refractivity contribution in [2.45, 2.75) is 4.90 Å². The van der Waals surface area contributed by atoms with Gasteiger partial charge in [0.2, 0.25) is 10.0 Å². The second-order valence-corrected chi connectivity index (χ2v) is 6.13. The van der Waals surface area contributed by atoms with Gasteiger partial charge in [0.1, 0.15) is 4.90 Å². The molecule has 3 rings (SSSR count). The van der Waals surface area contributed by atoms with Crippen LogP contribution in [0.2, 0.25) is 0 Å². The molecule has 106 valence electrons. The van der Waals surface area contributed by atoms with Crippen LogP contribution in [0, 0.1) is 0 Å². The maximum atomic E-state index is 11.5. The summed E-state index contributed by atoms with van der Waals surface area (Å²) < 4.78 is 23.0. The monoisotopic (exact) mass is 299 g/mol. The summed E-state index contributed by atoms with van der Waals surface area (Å²) in [5.74, 6) is 0. The number of hydrogen-bond acceptors (Lipinski definition) is 3. The van der Waals surface area contributed by atoms with E-state index in [9.17, 15) is 8.42 Å². The molecule has 3 N–H and O–H groups in total. The van der Waals surface area contributed by atoms with E-state index in [4.69, 9.17) is 5.14 Å². The van der Waals surface area contributed by atoms with Crippen LogP contribution in [0.25, 0.3) is 22.4 Å². The van der Waals surface area contributed by atoms with Gasteiger partial charge in [0.15, 0.2) is 0 Å². The number of hydrogen-bond donors (Lipinski definition) is 2. The number of rotatable bonds is 3. The molecule has 0 aliphatic heterocycles. The Morgan fingerprint density at radius 1 is 0.857 bits per heavy atom. The highest BCUT2D eigenvalue weighted by Gasteiger charge is 2.17. The van der Waals surface area contributed by atoms with Crippen LogP contribution in [0.15, 0.2) is 65.7 Å². The summed E-state index contributed by atoms with van der Waals surface area (Å²) in [6.45, 7) is 0. The maximum Gasteiger partial charge on any atom is 0.241 e. The Morgan fingerprint density at radius 3 is 2.05 bits per heavy atom. The van der Waals surface area contributed by atoms with Crippen molar-refractivity contribution >= 4 is 10.0 Å².